The molecule has 0 radical (unpaired) electrons. The maximum Gasteiger partial charge on any atom is 0.244 e. The number of nitrogens with one attached hydrogen (secondary N) is 1. The van der Waals surface area contributed by atoms with Crippen molar-refractivity contribution in [2.75, 3.05) is 20.8 Å². The second-order valence-corrected chi connectivity index (χ2v) is 10.8. The van der Waals surface area contributed by atoms with Gasteiger partial charge in [0, 0.05) is 18.7 Å². The molecule has 0 saturated heterocycles. The van der Waals surface area contributed by atoms with Gasteiger partial charge in [0.15, 0.2) is 0 Å². The SMILES string of the molecule is COc1cc(S(=O)(=O)NCCC23CC4CC(CC(C4)C2)C3)c(OC)cc1Cl. The molecule has 4 aliphatic rings. The van der Waals surface area contributed by atoms with E-state index in [0.29, 0.717) is 22.7 Å². The summed E-state index contributed by atoms with van der Waals surface area (Å²) in [6.45, 7) is 0.461. The Morgan fingerprint density at radius 1 is 1.04 bits per heavy atom. The van der Waals surface area contributed by atoms with Crippen molar-refractivity contribution in [2.45, 2.75) is 49.8 Å². The molecule has 0 aromatic heterocycles. The van der Waals surface area contributed by atoms with Crippen molar-refractivity contribution < 1.29 is 17.9 Å². The molecule has 0 atom stereocenters. The highest BCUT2D eigenvalue weighted by molar-refractivity contribution is 7.89. The fraction of sp³-hybridized carbons (Fsp3) is 0.700. The summed E-state index contributed by atoms with van der Waals surface area (Å²) >= 11 is 6.09. The zero-order chi connectivity index (χ0) is 19.2. The first kappa shape index (κ1) is 19.3. The van der Waals surface area contributed by atoms with Gasteiger partial charge >= 0.3 is 0 Å². The fourth-order valence-corrected chi connectivity index (χ4v) is 7.59. The molecule has 27 heavy (non-hydrogen) atoms. The van der Waals surface area contributed by atoms with Gasteiger partial charge in [-0.25, -0.2) is 13.1 Å². The number of sulfonamides is 1. The maximum absolute atomic E-state index is 12.9. The highest BCUT2D eigenvalue weighted by atomic mass is 35.5. The molecule has 0 aliphatic heterocycles. The first-order valence-electron chi connectivity index (χ1n) is 9.75. The molecule has 1 aromatic rings. The van der Waals surface area contributed by atoms with Crippen LogP contribution in [0.1, 0.15) is 44.9 Å². The lowest BCUT2D eigenvalue weighted by atomic mass is 9.49. The van der Waals surface area contributed by atoms with Crippen molar-refractivity contribution in [1.29, 1.82) is 0 Å². The van der Waals surface area contributed by atoms with Crippen LogP contribution >= 0.6 is 11.6 Å². The number of halogens is 1. The van der Waals surface area contributed by atoms with Gasteiger partial charge in [-0.05, 0) is 68.1 Å². The van der Waals surface area contributed by atoms with E-state index in [2.05, 4.69) is 4.72 Å². The predicted molar refractivity (Wildman–Crippen MR) is 105 cm³/mol. The second-order valence-electron chi connectivity index (χ2n) is 8.70. The first-order valence-corrected chi connectivity index (χ1v) is 11.6. The number of rotatable bonds is 7. The average Bonchev–Trinajstić information content (AvgIpc) is 2.59. The van der Waals surface area contributed by atoms with Crippen LogP contribution in [0.5, 0.6) is 11.5 Å². The Balaban J connectivity index is 1.47. The predicted octanol–water partition coefficient (Wildman–Crippen LogP) is 4.24. The Kier molecular flexibility index (Phi) is 5.10. The van der Waals surface area contributed by atoms with E-state index in [1.54, 1.807) is 0 Å². The lowest BCUT2D eigenvalue weighted by Crippen LogP contribution is -2.47. The van der Waals surface area contributed by atoms with Gasteiger partial charge in [0.1, 0.15) is 16.4 Å². The van der Waals surface area contributed by atoms with Crippen LogP contribution in [0.25, 0.3) is 0 Å². The van der Waals surface area contributed by atoms with Gasteiger partial charge < -0.3 is 9.47 Å². The molecule has 0 unspecified atom stereocenters. The van der Waals surface area contributed by atoms with Gasteiger partial charge in [-0.3, -0.25) is 0 Å². The van der Waals surface area contributed by atoms with Gasteiger partial charge in [-0.15, -0.1) is 0 Å². The first-order chi connectivity index (χ1) is 12.8. The molecule has 4 aliphatic carbocycles. The smallest absolute Gasteiger partial charge is 0.244 e. The fourth-order valence-electron chi connectivity index (χ4n) is 6.17. The number of methoxy groups -OCH3 is 2. The van der Waals surface area contributed by atoms with Crippen molar-refractivity contribution in [1.82, 2.24) is 4.72 Å². The molecule has 0 heterocycles. The van der Waals surface area contributed by atoms with Gasteiger partial charge in [-0.1, -0.05) is 11.6 Å². The molecule has 1 aromatic carbocycles. The van der Waals surface area contributed by atoms with Crippen LogP contribution < -0.4 is 14.2 Å². The Morgan fingerprint density at radius 2 is 1.59 bits per heavy atom. The summed E-state index contributed by atoms with van der Waals surface area (Å²) in [7, 11) is -0.800. The number of benzene rings is 1. The molecule has 4 saturated carbocycles. The van der Waals surface area contributed by atoms with Crippen LogP contribution in [-0.2, 0) is 10.0 Å². The van der Waals surface area contributed by atoms with Crippen LogP contribution in [0.2, 0.25) is 5.02 Å². The normalized spacial score (nSPS) is 31.9. The summed E-state index contributed by atoms with van der Waals surface area (Å²) in [5.41, 5.74) is 0.346. The van der Waals surface area contributed by atoms with Crippen molar-refractivity contribution >= 4 is 21.6 Å². The molecule has 7 heteroatoms. The number of hydrogen-bond acceptors (Lipinski definition) is 4. The van der Waals surface area contributed by atoms with E-state index in [1.807, 2.05) is 0 Å². The molecule has 0 amide bonds. The molecule has 1 N–H and O–H groups in total. The highest BCUT2D eigenvalue weighted by Crippen LogP contribution is 2.61. The largest absolute Gasteiger partial charge is 0.495 e. The molecular weight excluding hydrogens is 386 g/mol. The quantitative estimate of drug-likeness (QED) is 0.726. The van der Waals surface area contributed by atoms with Crippen molar-refractivity contribution in [3.63, 3.8) is 0 Å². The minimum absolute atomic E-state index is 0.0664. The van der Waals surface area contributed by atoms with E-state index in [1.165, 1.54) is 64.9 Å². The third kappa shape index (κ3) is 3.68. The van der Waals surface area contributed by atoms with Crippen LogP contribution in [-0.4, -0.2) is 29.2 Å². The van der Waals surface area contributed by atoms with Crippen molar-refractivity contribution in [2.24, 2.45) is 23.2 Å². The molecule has 0 spiro atoms. The molecule has 4 bridgehead atoms. The molecule has 5 nitrogen and oxygen atoms in total. The molecular formula is C20H28ClNO4S. The van der Waals surface area contributed by atoms with E-state index in [4.69, 9.17) is 21.1 Å². The van der Waals surface area contributed by atoms with Gasteiger partial charge in [0.05, 0.1) is 19.2 Å². The van der Waals surface area contributed by atoms with Gasteiger partial charge in [-0.2, -0.15) is 0 Å². The summed E-state index contributed by atoms with van der Waals surface area (Å²) in [5, 5.41) is 0.321. The second kappa shape index (κ2) is 7.12. The number of ether oxygens (including phenoxy) is 2. The van der Waals surface area contributed by atoms with Crippen molar-refractivity contribution in [3.8, 4) is 11.5 Å². The van der Waals surface area contributed by atoms with E-state index in [-0.39, 0.29) is 10.6 Å². The van der Waals surface area contributed by atoms with E-state index < -0.39 is 10.0 Å². The number of hydrogen-bond donors (Lipinski definition) is 1. The van der Waals surface area contributed by atoms with Gasteiger partial charge in [0.25, 0.3) is 0 Å². The van der Waals surface area contributed by atoms with Gasteiger partial charge in [0.2, 0.25) is 10.0 Å². The topological polar surface area (TPSA) is 64.6 Å². The van der Waals surface area contributed by atoms with Crippen LogP contribution in [0, 0.1) is 23.2 Å². The van der Waals surface area contributed by atoms with Crippen molar-refractivity contribution in [3.05, 3.63) is 17.2 Å². The van der Waals surface area contributed by atoms with E-state index in [9.17, 15) is 8.42 Å². The Bertz CT molecular complexity index is 788. The zero-order valence-electron chi connectivity index (χ0n) is 16.0. The van der Waals surface area contributed by atoms with Crippen LogP contribution in [0.4, 0.5) is 0 Å². The third-order valence-corrected chi connectivity index (χ3v) is 8.62. The summed E-state index contributed by atoms with van der Waals surface area (Å²) in [6, 6.07) is 2.91. The summed E-state index contributed by atoms with van der Waals surface area (Å²) < 4.78 is 39.0. The zero-order valence-corrected chi connectivity index (χ0v) is 17.5. The molecule has 5 rings (SSSR count). The summed E-state index contributed by atoms with van der Waals surface area (Å²) in [5.74, 6) is 3.15. The third-order valence-electron chi connectivity index (χ3n) is 6.84. The Hall–Kier alpha value is -0.980. The average molecular weight is 414 g/mol. The lowest BCUT2D eigenvalue weighted by molar-refractivity contribution is -0.0561. The standard InChI is InChI=1S/C20H28ClNO4S/c1-25-17-9-19(18(26-2)8-16(17)21)27(23,24)22-4-3-20-10-13-5-14(11-20)7-15(6-13)12-20/h8-9,13-15,22H,3-7,10-12H2,1-2H3. The van der Waals surface area contributed by atoms with Crippen LogP contribution in [0.15, 0.2) is 17.0 Å². The van der Waals surface area contributed by atoms with E-state index >= 15 is 0 Å². The molecule has 4 fully saturated rings. The minimum Gasteiger partial charge on any atom is -0.495 e. The molecule has 150 valence electrons. The monoisotopic (exact) mass is 413 g/mol. The summed E-state index contributed by atoms with van der Waals surface area (Å²) in [4.78, 5) is 0.0664. The van der Waals surface area contributed by atoms with Crippen LogP contribution in [0.3, 0.4) is 0 Å². The van der Waals surface area contributed by atoms with E-state index in [0.717, 1.165) is 24.2 Å². The Morgan fingerprint density at radius 3 is 2.11 bits per heavy atom. The maximum atomic E-state index is 12.9. The highest BCUT2D eigenvalue weighted by Gasteiger charge is 2.50. The lowest BCUT2D eigenvalue weighted by Gasteiger charge is -2.57. The summed E-state index contributed by atoms with van der Waals surface area (Å²) in [6.07, 6.45) is 8.94. The minimum atomic E-state index is -3.70. The Labute approximate surface area is 166 Å².